The van der Waals surface area contributed by atoms with E-state index in [9.17, 15) is 9.59 Å². The molecule has 3 heterocycles. The highest BCUT2D eigenvalue weighted by atomic mass is 16.5. The Morgan fingerprint density at radius 2 is 1.92 bits per heavy atom. The Morgan fingerprint density at radius 1 is 1.13 bits per heavy atom. The number of carbonyl (C=O) groups excluding carboxylic acids is 2. The van der Waals surface area contributed by atoms with Crippen molar-refractivity contribution in [1.82, 2.24) is 25.3 Å². The molecule has 8 nitrogen and oxygen atoms in total. The van der Waals surface area contributed by atoms with Crippen LogP contribution in [0.5, 0.6) is 5.75 Å². The minimum Gasteiger partial charge on any atom is -0.491 e. The molecule has 1 fully saturated rings. The number of fused-ring (bicyclic) bond motifs is 1. The van der Waals surface area contributed by atoms with Crippen LogP contribution >= 0.6 is 0 Å². The van der Waals surface area contributed by atoms with Crippen LogP contribution in [0.4, 0.5) is 0 Å². The number of benzene rings is 1. The van der Waals surface area contributed by atoms with Gasteiger partial charge in [0, 0.05) is 24.8 Å². The molecule has 1 atom stereocenters. The third kappa shape index (κ3) is 7.16. The Balaban J connectivity index is 1.43. The fourth-order valence-electron chi connectivity index (χ4n) is 5.65. The van der Waals surface area contributed by atoms with Gasteiger partial charge in [0.15, 0.2) is 0 Å². The molecule has 0 radical (unpaired) electrons. The Kier molecular flexibility index (Phi) is 9.83. The number of likely N-dealkylation sites (tertiary alicyclic amines) is 1. The Hall–Kier alpha value is -2.87. The molecule has 208 valence electrons. The number of ether oxygens (including phenoxy) is 1. The van der Waals surface area contributed by atoms with Crippen LogP contribution in [0.2, 0.25) is 0 Å². The van der Waals surface area contributed by atoms with Crippen LogP contribution in [0.25, 0.3) is 0 Å². The summed E-state index contributed by atoms with van der Waals surface area (Å²) in [5, 5.41) is 10.7. The lowest BCUT2D eigenvalue weighted by Gasteiger charge is -2.41. The molecule has 2 aliphatic heterocycles. The number of carbonyl (C=O) groups is 2. The highest BCUT2D eigenvalue weighted by molar-refractivity contribution is 5.90. The van der Waals surface area contributed by atoms with Gasteiger partial charge in [-0.3, -0.25) is 19.2 Å². The van der Waals surface area contributed by atoms with E-state index >= 15 is 0 Å². The SMILES string of the molecule is CCCCn1cc(CN2CCC3(CCCCc4ccccc4OCCNC(=O)[C@H](C)NC3=O)CC2)c(C)n1. The standard InChI is InChI=1S/C30H45N5O3/c1-4-5-17-35-22-26(23(2)33-35)21-34-18-14-30(15-19-34)13-9-8-11-25-10-6-7-12-27(25)38-20-16-31-28(36)24(3)32-29(30)37/h6-7,10,12,22,24H,4-5,8-9,11,13-21H2,1-3H3,(H,31,36)(H,32,37)/t24-/m0/s1. The zero-order valence-corrected chi connectivity index (χ0v) is 23.4. The molecule has 2 N–H and O–H groups in total. The summed E-state index contributed by atoms with van der Waals surface area (Å²) in [6.07, 6.45) is 9.80. The Morgan fingerprint density at radius 3 is 2.71 bits per heavy atom. The number of amides is 2. The first-order chi connectivity index (χ1) is 18.4. The summed E-state index contributed by atoms with van der Waals surface area (Å²) in [4.78, 5) is 28.8. The number of rotatable bonds is 5. The molecule has 0 saturated carbocycles. The zero-order chi connectivity index (χ0) is 27.0. The van der Waals surface area contributed by atoms with E-state index < -0.39 is 11.5 Å². The van der Waals surface area contributed by atoms with E-state index in [-0.39, 0.29) is 11.8 Å². The smallest absolute Gasteiger partial charge is 0.242 e. The molecule has 0 bridgehead atoms. The van der Waals surface area contributed by atoms with Crippen molar-refractivity contribution in [2.24, 2.45) is 5.41 Å². The summed E-state index contributed by atoms with van der Waals surface area (Å²) in [6, 6.07) is 7.55. The summed E-state index contributed by atoms with van der Waals surface area (Å²) < 4.78 is 8.03. The lowest BCUT2D eigenvalue weighted by molar-refractivity contribution is -0.138. The van der Waals surface area contributed by atoms with E-state index in [1.807, 2.05) is 18.2 Å². The van der Waals surface area contributed by atoms with E-state index in [1.54, 1.807) is 6.92 Å². The Bertz CT molecular complexity index is 1070. The van der Waals surface area contributed by atoms with Crippen LogP contribution < -0.4 is 15.4 Å². The van der Waals surface area contributed by atoms with Gasteiger partial charge in [0.1, 0.15) is 18.4 Å². The topological polar surface area (TPSA) is 88.5 Å². The van der Waals surface area contributed by atoms with Gasteiger partial charge in [0.05, 0.1) is 17.7 Å². The number of aromatic nitrogens is 2. The van der Waals surface area contributed by atoms with Crippen LogP contribution in [-0.4, -0.2) is 58.8 Å². The molecule has 2 aliphatic rings. The first-order valence-corrected chi connectivity index (χ1v) is 14.4. The molecule has 4 rings (SSSR count). The second-order valence-corrected chi connectivity index (χ2v) is 11.1. The van der Waals surface area contributed by atoms with Crippen molar-refractivity contribution in [3.8, 4) is 5.75 Å². The number of para-hydroxylation sites is 1. The van der Waals surface area contributed by atoms with Gasteiger partial charge in [-0.2, -0.15) is 5.10 Å². The highest BCUT2D eigenvalue weighted by Crippen LogP contribution is 2.38. The van der Waals surface area contributed by atoms with Crippen molar-refractivity contribution in [1.29, 1.82) is 0 Å². The second-order valence-electron chi connectivity index (χ2n) is 11.1. The average molecular weight is 524 g/mol. The van der Waals surface area contributed by atoms with Crippen molar-refractivity contribution < 1.29 is 14.3 Å². The Labute approximate surface area is 227 Å². The number of nitrogens with one attached hydrogen (secondary N) is 2. The average Bonchev–Trinajstić information content (AvgIpc) is 3.27. The van der Waals surface area contributed by atoms with Gasteiger partial charge in [-0.05, 0) is 77.1 Å². The third-order valence-corrected chi connectivity index (χ3v) is 8.20. The van der Waals surface area contributed by atoms with Crippen molar-refractivity contribution in [3.05, 3.63) is 47.3 Å². The van der Waals surface area contributed by atoms with Crippen molar-refractivity contribution >= 4 is 11.8 Å². The predicted molar refractivity (Wildman–Crippen MR) is 149 cm³/mol. The molecule has 1 saturated heterocycles. The molecule has 1 aromatic carbocycles. The molecule has 2 aromatic rings. The quantitative estimate of drug-likeness (QED) is 0.619. The van der Waals surface area contributed by atoms with Crippen LogP contribution in [-0.2, 0) is 29.1 Å². The third-order valence-electron chi connectivity index (χ3n) is 8.20. The molecule has 8 heteroatoms. The number of unbranched alkanes of at least 4 members (excludes halogenated alkanes) is 1. The summed E-state index contributed by atoms with van der Waals surface area (Å²) in [6.45, 7) is 10.4. The summed E-state index contributed by atoms with van der Waals surface area (Å²) in [7, 11) is 0. The lowest BCUT2D eigenvalue weighted by Crippen LogP contribution is -2.53. The minimum atomic E-state index is -0.577. The summed E-state index contributed by atoms with van der Waals surface area (Å²) in [5.41, 5.74) is 3.11. The number of piperidine rings is 1. The van der Waals surface area contributed by atoms with Crippen molar-refractivity contribution in [2.75, 3.05) is 26.2 Å². The molecule has 0 unspecified atom stereocenters. The second kappa shape index (κ2) is 13.3. The van der Waals surface area contributed by atoms with Gasteiger partial charge >= 0.3 is 0 Å². The highest BCUT2D eigenvalue weighted by Gasteiger charge is 2.41. The van der Waals surface area contributed by atoms with Gasteiger partial charge in [-0.15, -0.1) is 0 Å². The maximum Gasteiger partial charge on any atom is 0.242 e. The lowest BCUT2D eigenvalue weighted by atomic mass is 9.73. The molecule has 1 aromatic heterocycles. The normalized spacial score (nSPS) is 21.5. The van der Waals surface area contributed by atoms with Gasteiger partial charge in [-0.25, -0.2) is 0 Å². The molecule has 1 spiro atoms. The van der Waals surface area contributed by atoms with Gasteiger partial charge in [-0.1, -0.05) is 38.0 Å². The van der Waals surface area contributed by atoms with E-state index in [4.69, 9.17) is 9.84 Å². The van der Waals surface area contributed by atoms with Crippen LogP contribution in [0, 0.1) is 12.3 Å². The van der Waals surface area contributed by atoms with Crippen molar-refractivity contribution in [3.63, 3.8) is 0 Å². The number of nitrogens with zero attached hydrogens (tertiary/aromatic N) is 3. The maximum absolute atomic E-state index is 13.7. The first kappa shape index (κ1) is 28.1. The van der Waals surface area contributed by atoms with Crippen LogP contribution in [0.1, 0.15) is 75.6 Å². The molecule has 38 heavy (non-hydrogen) atoms. The summed E-state index contributed by atoms with van der Waals surface area (Å²) in [5.74, 6) is 0.735. The molecule has 2 amide bonds. The molecule has 0 aliphatic carbocycles. The monoisotopic (exact) mass is 523 g/mol. The van der Waals surface area contributed by atoms with E-state index in [2.05, 4.69) is 46.3 Å². The largest absolute Gasteiger partial charge is 0.491 e. The number of aryl methyl sites for hydroxylation is 3. The van der Waals surface area contributed by atoms with Gasteiger partial charge in [0.2, 0.25) is 11.8 Å². The van der Waals surface area contributed by atoms with Crippen LogP contribution in [0.3, 0.4) is 0 Å². The zero-order valence-electron chi connectivity index (χ0n) is 23.4. The summed E-state index contributed by atoms with van der Waals surface area (Å²) >= 11 is 0. The van der Waals surface area contributed by atoms with Crippen molar-refractivity contribution in [2.45, 2.75) is 91.3 Å². The first-order valence-electron chi connectivity index (χ1n) is 14.4. The van der Waals surface area contributed by atoms with E-state index in [0.29, 0.717) is 13.2 Å². The van der Waals surface area contributed by atoms with Gasteiger partial charge in [0.25, 0.3) is 0 Å². The molecular weight excluding hydrogens is 478 g/mol. The fraction of sp³-hybridized carbons (Fsp3) is 0.633. The van der Waals surface area contributed by atoms with E-state index in [0.717, 1.165) is 89.0 Å². The fourth-order valence-corrected chi connectivity index (χ4v) is 5.65. The van der Waals surface area contributed by atoms with Gasteiger partial charge < -0.3 is 15.4 Å². The molecular formula is C30H45N5O3. The number of hydrogen-bond donors (Lipinski definition) is 2. The minimum absolute atomic E-state index is 0.0230. The van der Waals surface area contributed by atoms with E-state index in [1.165, 1.54) is 11.1 Å². The number of hydrogen-bond acceptors (Lipinski definition) is 5. The predicted octanol–water partition coefficient (Wildman–Crippen LogP) is 4.00. The van der Waals surface area contributed by atoms with Crippen LogP contribution in [0.15, 0.2) is 30.5 Å². The maximum atomic E-state index is 13.7.